The van der Waals surface area contributed by atoms with Gasteiger partial charge in [0, 0.05) is 5.39 Å². The monoisotopic (exact) mass is 352 g/mol. The minimum atomic E-state index is -4.68. The third kappa shape index (κ3) is 3.18. The second-order valence-corrected chi connectivity index (χ2v) is 6.67. The number of halogens is 3. The Hall–Kier alpha value is -2.61. The van der Waals surface area contributed by atoms with E-state index in [1.807, 2.05) is 0 Å². The molecule has 0 saturated heterocycles. The Morgan fingerprint density at radius 1 is 0.917 bits per heavy atom. The number of alkyl halides is 3. The number of anilines is 1. The topological polar surface area (TPSA) is 59.1 Å². The van der Waals surface area contributed by atoms with Gasteiger partial charge in [-0.2, -0.15) is 13.2 Å². The van der Waals surface area contributed by atoms with Crippen molar-refractivity contribution < 1.29 is 21.6 Å². The molecule has 0 spiro atoms. The van der Waals surface area contributed by atoms with Crippen LogP contribution in [0, 0.1) is 0 Å². The molecular weight excluding hydrogens is 341 g/mol. The lowest BCUT2D eigenvalue weighted by atomic mass is 10.1. The van der Waals surface area contributed by atoms with Gasteiger partial charge in [0.05, 0.1) is 16.1 Å². The summed E-state index contributed by atoms with van der Waals surface area (Å²) in [6, 6.07) is 14.1. The van der Waals surface area contributed by atoms with Crippen LogP contribution >= 0.6 is 0 Å². The summed E-state index contributed by atoms with van der Waals surface area (Å²) in [7, 11) is -4.01. The van der Waals surface area contributed by atoms with Gasteiger partial charge in [-0.05, 0) is 24.3 Å². The number of nitrogens with zero attached hydrogens (tertiary/aromatic N) is 1. The molecule has 3 rings (SSSR count). The molecule has 1 aromatic heterocycles. The maximum absolute atomic E-state index is 13.0. The molecule has 0 radical (unpaired) electrons. The van der Waals surface area contributed by atoms with Crippen LogP contribution in [0.25, 0.3) is 10.9 Å². The maximum atomic E-state index is 13.0. The summed E-state index contributed by atoms with van der Waals surface area (Å²) in [5.41, 5.74) is -1.28. The molecule has 0 aliphatic rings. The Morgan fingerprint density at radius 3 is 2.21 bits per heavy atom. The van der Waals surface area contributed by atoms with Gasteiger partial charge in [-0.1, -0.05) is 36.4 Å². The minimum Gasteiger partial charge on any atom is -0.279 e. The highest BCUT2D eigenvalue weighted by Crippen LogP contribution is 2.33. The Kier molecular flexibility index (Phi) is 3.92. The zero-order valence-corrected chi connectivity index (χ0v) is 12.9. The summed E-state index contributed by atoms with van der Waals surface area (Å²) < 4.78 is 66.0. The lowest BCUT2D eigenvalue weighted by Crippen LogP contribution is -2.15. The van der Waals surface area contributed by atoms with Gasteiger partial charge < -0.3 is 0 Å². The number of benzene rings is 2. The van der Waals surface area contributed by atoms with Crippen molar-refractivity contribution in [2.45, 2.75) is 11.1 Å². The molecule has 4 nitrogen and oxygen atoms in total. The van der Waals surface area contributed by atoms with E-state index < -0.39 is 21.9 Å². The Labute approximate surface area is 136 Å². The number of fused-ring (bicyclic) bond motifs is 1. The van der Waals surface area contributed by atoms with Crippen LogP contribution in [0.5, 0.6) is 0 Å². The standard InChI is InChI=1S/C16H11F3N2O2S/c17-16(18,19)15-10-14(12-8-4-5-9-13(12)20-15)21-24(22,23)11-6-2-1-3-7-11/h1-10H,(H,20,21). The average molecular weight is 352 g/mol. The number of hydrogen-bond acceptors (Lipinski definition) is 3. The van der Waals surface area contributed by atoms with Crippen molar-refractivity contribution in [3.8, 4) is 0 Å². The van der Waals surface area contributed by atoms with Crippen molar-refractivity contribution in [2.75, 3.05) is 4.72 Å². The first-order valence-corrected chi connectivity index (χ1v) is 8.30. The van der Waals surface area contributed by atoms with Crippen LogP contribution in [0.2, 0.25) is 0 Å². The minimum absolute atomic E-state index is 0.0422. The molecule has 24 heavy (non-hydrogen) atoms. The van der Waals surface area contributed by atoms with Crippen LogP contribution in [-0.2, 0) is 16.2 Å². The fourth-order valence-corrected chi connectivity index (χ4v) is 3.30. The molecule has 0 saturated carbocycles. The zero-order chi connectivity index (χ0) is 17.4. The Balaban J connectivity index is 2.15. The fraction of sp³-hybridized carbons (Fsp3) is 0.0625. The molecule has 0 bridgehead atoms. The third-order valence-corrected chi connectivity index (χ3v) is 4.69. The maximum Gasteiger partial charge on any atom is 0.433 e. The molecular formula is C16H11F3N2O2S. The van der Waals surface area contributed by atoms with Gasteiger partial charge in [-0.25, -0.2) is 13.4 Å². The zero-order valence-electron chi connectivity index (χ0n) is 12.1. The summed E-state index contributed by atoms with van der Waals surface area (Å²) in [6.07, 6.45) is -4.68. The van der Waals surface area contributed by atoms with E-state index in [2.05, 4.69) is 9.71 Å². The van der Waals surface area contributed by atoms with Gasteiger partial charge >= 0.3 is 6.18 Å². The lowest BCUT2D eigenvalue weighted by molar-refractivity contribution is -0.140. The lowest BCUT2D eigenvalue weighted by Gasteiger charge is -2.13. The molecule has 2 aromatic carbocycles. The van der Waals surface area contributed by atoms with Crippen molar-refractivity contribution in [1.29, 1.82) is 0 Å². The van der Waals surface area contributed by atoms with Gasteiger partial charge in [0.15, 0.2) is 0 Å². The van der Waals surface area contributed by atoms with Gasteiger partial charge in [0.25, 0.3) is 10.0 Å². The first-order chi connectivity index (χ1) is 11.3. The van der Waals surface area contributed by atoms with Gasteiger partial charge in [-0.15, -0.1) is 0 Å². The van der Waals surface area contributed by atoms with E-state index in [1.54, 1.807) is 12.1 Å². The van der Waals surface area contributed by atoms with Gasteiger partial charge in [-0.3, -0.25) is 4.72 Å². The Bertz CT molecular complexity index is 987. The number of sulfonamides is 1. The fourth-order valence-electron chi connectivity index (χ4n) is 2.21. The summed E-state index contributed by atoms with van der Waals surface area (Å²) >= 11 is 0. The summed E-state index contributed by atoms with van der Waals surface area (Å²) in [6.45, 7) is 0. The van der Waals surface area contributed by atoms with E-state index in [-0.39, 0.29) is 21.5 Å². The highest BCUT2D eigenvalue weighted by Gasteiger charge is 2.33. The molecule has 0 unspecified atom stereocenters. The van der Waals surface area contributed by atoms with Gasteiger partial charge in [0.1, 0.15) is 5.69 Å². The van der Waals surface area contributed by atoms with Crippen LogP contribution in [0.4, 0.5) is 18.9 Å². The first kappa shape index (κ1) is 16.3. The molecule has 0 fully saturated rings. The van der Waals surface area contributed by atoms with E-state index in [1.165, 1.54) is 42.5 Å². The molecule has 1 heterocycles. The van der Waals surface area contributed by atoms with E-state index in [4.69, 9.17) is 0 Å². The van der Waals surface area contributed by atoms with Gasteiger partial charge in [0.2, 0.25) is 0 Å². The summed E-state index contributed by atoms with van der Waals surface area (Å²) in [4.78, 5) is 3.51. The number of aromatic nitrogens is 1. The number of rotatable bonds is 3. The third-order valence-electron chi connectivity index (χ3n) is 3.30. The highest BCUT2D eigenvalue weighted by atomic mass is 32.2. The number of hydrogen-bond donors (Lipinski definition) is 1. The molecule has 8 heteroatoms. The molecule has 3 aromatic rings. The van der Waals surface area contributed by atoms with Crippen LogP contribution in [0.1, 0.15) is 5.69 Å². The SMILES string of the molecule is O=S(=O)(Nc1cc(C(F)(F)F)nc2ccccc12)c1ccccc1. The van der Waals surface area contributed by atoms with E-state index >= 15 is 0 Å². The molecule has 0 aliphatic heterocycles. The molecule has 0 amide bonds. The number of para-hydroxylation sites is 1. The molecule has 0 atom stereocenters. The largest absolute Gasteiger partial charge is 0.433 e. The number of pyridine rings is 1. The number of nitrogens with one attached hydrogen (secondary N) is 1. The average Bonchev–Trinajstić information content (AvgIpc) is 2.54. The van der Waals surface area contributed by atoms with E-state index in [0.717, 1.165) is 0 Å². The normalized spacial score (nSPS) is 12.3. The van der Waals surface area contributed by atoms with Crippen molar-refractivity contribution in [1.82, 2.24) is 4.98 Å². The summed E-state index contributed by atoms with van der Waals surface area (Å²) in [5.74, 6) is 0. The van der Waals surface area contributed by atoms with Crippen LogP contribution in [-0.4, -0.2) is 13.4 Å². The second kappa shape index (κ2) is 5.79. The predicted molar refractivity (Wildman–Crippen MR) is 84.0 cm³/mol. The van der Waals surface area contributed by atoms with E-state index in [9.17, 15) is 21.6 Å². The Morgan fingerprint density at radius 2 is 1.54 bits per heavy atom. The quantitative estimate of drug-likeness (QED) is 0.773. The molecule has 0 aliphatic carbocycles. The van der Waals surface area contributed by atoms with Crippen molar-refractivity contribution in [2.24, 2.45) is 0 Å². The summed E-state index contributed by atoms with van der Waals surface area (Å²) in [5, 5.41) is 0.282. The van der Waals surface area contributed by atoms with Crippen molar-refractivity contribution >= 4 is 26.6 Å². The van der Waals surface area contributed by atoms with Crippen molar-refractivity contribution in [3.63, 3.8) is 0 Å². The first-order valence-electron chi connectivity index (χ1n) is 6.82. The highest BCUT2D eigenvalue weighted by molar-refractivity contribution is 7.92. The van der Waals surface area contributed by atoms with E-state index in [0.29, 0.717) is 6.07 Å². The second-order valence-electron chi connectivity index (χ2n) is 4.99. The predicted octanol–water partition coefficient (Wildman–Crippen LogP) is 4.05. The van der Waals surface area contributed by atoms with Crippen molar-refractivity contribution in [3.05, 3.63) is 66.4 Å². The smallest absolute Gasteiger partial charge is 0.279 e. The molecule has 124 valence electrons. The van der Waals surface area contributed by atoms with Crippen LogP contribution < -0.4 is 4.72 Å². The molecule has 1 N–H and O–H groups in total. The van der Waals surface area contributed by atoms with Crippen LogP contribution in [0.3, 0.4) is 0 Å². The van der Waals surface area contributed by atoms with Crippen LogP contribution in [0.15, 0.2) is 65.6 Å².